The lowest BCUT2D eigenvalue weighted by molar-refractivity contribution is -0.160. The van der Waals surface area contributed by atoms with E-state index in [1.54, 1.807) is 6.92 Å². The summed E-state index contributed by atoms with van der Waals surface area (Å²) in [5.74, 6) is -1.51. The fraction of sp³-hybridized carbons (Fsp3) is 0.769. The average molecular weight is 302 g/mol. The maximum Gasteiger partial charge on any atom is 0.329 e. The normalized spacial score (nSPS) is 16.0. The minimum atomic E-state index is -1.04. The molecule has 0 unspecified atom stereocenters. The highest BCUT2D eigenvalue weighted by atomic mass is 16.5. The Morgan fingerprint density at radius 3 is 2.43 bits per heavy atom. The van der Waals surface area contributed by atoms with Crippen molar-refractivity contribution in [2.75, 3.05) is 39.9 Å². The topological polar surface area (TPSA) is 96.4 Å². The van der Waals surface area contributed by atoms with Gasteiger partial charge in [-0.1, -0.05) is 6.92 Å². The summed E-state index contributed by atoms with van der Waals surface area (Å²) >= 11 is 0. The summed E-state index contributed by atoms with van der Waals surface area (Å²) in [6.07, 6.45) is 0.726. The Kier molecular flexibility index (Phi) is 5.95. The van der Waals surface area contributed by atoms with Gasteiger partial charge in [0.15, 0.2) is 0 Å². The highest BCUT2D eigenvalue weighted by Crippen LogP contribution is 2.25. The van der Waals surface area contributed by atoms with E-state index in [1.807, 2.05) is 6.92 Å². The molecule has 21 heavy (non-hydrogen) atoms. The number of hydrogen-bond acceptors (Lipinski definition) is 5. The number of amides is 2. The predicted molar refractivity (Wildman–Crippen MR) is 72.8 cm³/mol. The number of likely N-dealkylation sites (tertiary alicyclic amines) is 1. The number of rotatable bonds is 7. The summed E-state index contributed by atoms with van der Waals surface area (Å²) in [4.78, 5) is 37.0. The molecule has 0 aromatic carbocycles. The highest BCUT2D eigenvalue weighted by molar-refractivity contribution is 5.81. The number of carbonyl (C=O) groups is 3. The zero-order valence-corrected chi connectivity index (χ0v) is 12.6. The summed E-state index contributed by atoms with van der Waals surface area (Å²) in [5, 5.41) is 8.59. The van der Waals surface area contributed by atoms with Gasteiger partial charge in [-0.3, -0.25) is 4.79 Å². The maximum absolute atomic E-state index is 12.3. The van der Waals surface area contributed by atoms with Crippen LogP contribution in [0.5, 0.6) is 0 Å². The number of esters is 1. The quantitative estimate of drug-likeness (QED) is 0.673. The van der Waals surface area contributed by atoms with Crippen molar-refractivity contribution in [1.82, 2.24) is 9.80 Å². The van der Waals surface area contributed by atoms with Gasteiger partial charge in [0.05, 0.1) is 20.2 Å². The zero-order valence-electron chi connectivity index (χ0n) is 12.6. The van der Waals surface area contributed by atoms with Crippen molar-refractivity contribution in [1.29, 1.82) is 0 Å². The van der Waals surface area contributed by atoms with Crippen molar-refractivity contribution in [3.05, 3.63) is 0 Å². The summed E-state index contributed by atoms with van der Waals surface area (Å²) in [5.41, 5.74) is -0.642. The van der Waals surface area contributed by atoms with Gasteiger partial charge in [-0.15, -0.1) is 0 Å². The Bertz CT molecular complexity index is 405. The van der Waals surface area contributed by atoms with Gasteiger partial charge in [0, 0.05) is 6.54 Å². The zero-order chi connectivity index (χ0) is 16.0. The summed E-state index contributed by atoms with van der Waals surface area (Å²) in [6.45, 7) is 4.25. The first-order valence-electron chi connectivity index (χ1n) is 6.77. The van der Waals surface area contributed by atoms with Crippen LogP contribution in [-0.2, 0) is 19.1 Å². The van der Waals surface area contributed by atoms with Crippen LogP contribution in [0.4, 0.5) is 4.79 Å². The summed E-state index contributed by atoms with van der Waals surface area (Å²) in [6, 6.07) is -0.265. The molecule has 0 atom stereocenters. The van der Waals surface area contributed by atoms with E-state index >= 15 is 0 Å². The van der Waals surface area contributed by atoms with Crippen molar-refractivity contribution in [3.63, 3.8) is 0 Å². The second kappa shape index (κ2) is 7.26. The Morgan fingerprint density at radius 1 is 1.33 bits per heavy atom. The van der Waals surface area contributed by atoms with Gasteiger partial charge < -0.3 is 24.4 Å². The van der Waals surface area contributed by atoms with Crippen LogP contribution in [0, 0.1) is 0 Å². The fourth-order valence-electron chi connectivity index (χ4n) is 2.16. The van der Waals surface area contributed by atoms with E-state index in [0.717, 1.165) is 6.42 Å². The minimum absolute atomic E-state index is 0.0909. The Hall–Kier alpha value is -1.83. The monoisotopic (exact) mass is 302 g/mol. The van der Waals surface area contributed by atoms with Crippen LogP contribution in [0.15, 0.2) is 0 Å². The Balaban J connectivity index is 2.51. The highest BCUT2D eigenvalue weighted by Gasteiger charge is 2.44. The fourth-order valence-corrected chi connectivity index (χ4v) is 2.16. The lowest BCUT2D eigenvalue weighted by Crippen LogP contribution is -2.66. The number of carboxylic acid groups (broad SMARTS) is 1. The SMILES string of the molecule is CCCN(CC(=O)OC)C(=O)N1CC(C)(OCC(=O)O)C1. The molecule has 0 aliphatic carbocycles. The number of hydrogen-bond donors (Lipinski definition) is 1. The van der Waals surface area contributed by atoms with Gasteiger partial charge in [0.2, 0.25) is 0 Å². The van der Waals surface area contributed by atoms with E-state index in [4.69, 9.17) is 9.84 Å². The third-order valence-corrected chi connectivity index (χ3v) is 3.18. The first-order chi connectivity index (χ1) is 9.81. The molecule has 0 aromatic heterocycles. The van der Waals surface area contributed by atoms with Gasteiger partial charge in [-0.25, -0.2) is 9.59 Å². The molecule has 1 saturated heterocycles. The molecule has 120 valence electrons. The molecule has 1 aliphatic rings. The predicted octanol–water partition coefficient (Wildman–Crippen LogP) is 0.167. The molecule has 1 fully saturated rings. The third kappa shape index (κ3) is 4.89. The average Bonchev–Trinajstić information content (AvgIpc) is 2.40. The molecule has 0 spiro atoms. The van der Waals surface area contributed by atoms with Gasteiger partial charge in [-0.2, -0.15) is 0 Å². The van der Waals surface area contributed by atoms with Crippen LogP contribution in [-0.4, -0.2) is 78.4 Å². The van der Waals surface area contributed by atoms with Crippen molar-refractivity contribution in [3.8, 4) is 0 Å². The maximum atomic E-state index is 12.3. The molecule has 1 rings (SSSR count). The molecule has 0 saturated carbocycles. The number of methoxy groups -OCH3 is 1. The Labute approximate surface area is 123 Å². The van der Waals surface area contributed by atoms with Gasteiger partial charge >= 0.3 is 18.0 Å². The molecule has 8 nitrogen and oxygen atoms in total. The first kappa shape index (κ1) is 17.2. The number of carboxylic acids is 1. The van der Waals surface area contributed by atoms with Crippen LogP contribution in [0.3, 0.4) is 0 Å². The van der Waals surface area contributed by atoms with Crippen LogP contribution in [0.25, 0.3) is 0 Å². The van der Waals surface area contributed by atoms with Crippen molar-refractivity contribution in [2.45, 2.75) is 25.9 Å². The van der Waals surface area contributed by atoms with E-state index in [2.05, 4.69) is 4.74 Å². The van der Waals surface area contributed by atoms with Crippen molar-refractivity contribution in [2.24, 2.45) is 0 Å². The van der Waals surface area contributed by atoms with Crippen LogP contribution in [0.2, 0.25) is 0 Å². The lowest BCUT2D eigenvalue weighted by atomic mass is 9.97. The van der Waals surface area contributed by atoms with E-state index in [1.165, 1.54) is 16.9 Å². The molecule has 0 aromatic rings. The van der Waals surface area contributed by atoms with Crippen LogP contribution in [0.1, 0.15) is 20.3 Å². The van der Waals surface area contributed by atoms with Crippen LogP contribution < -0.4 is 0 Å². The molecule has 1 N–H and O–H groups in total. The second-order valence-corrected chi connectivity index (χ2v) is 5.27. The van der Waals surface area contributed by atoms with E-state index in [0.29, 0.717) is 19.6 Å². The van der Waals surface area contributed by atoms with Gasteiger partial charge in [0.25, 0.3) is 0 Å². The molecule has 0 bridgehead atoms. The van der Waals surface area contributed by atoms with E-state index in [9.17, 15) is 14.4 Å². The number of urea groups is 1. The molecule has 1 heterocycles. The third-order valence-electron chi connectivity index (χ3n) is 3.18. The summed E-state index contributed by atoms with van der Waals surface area (Å²) < 4.78 is 9.82. The molecule has 2 amide bonds. The molecule has 1 aliphatic heterocycles. The second-order valence-electron chi connectivity index (χ2n) is 5.27. The van der Waals surface area contributed by atoms with Crippen LogP contribution >= 0.6 is 0 Å². The number of aliphatic carboxylic acids is 1. The summed E-state index contributed by atoms with van der Waals surface area (Å²) in [7, 11) is 1.28. The standard InChI is InChI=1S/C13H22N2O6/c1-4-5-14(6-11(18)20-3)12(19)15-8-13(2,9-15)21-7-10(16)17/h4-9H2,1-3H3,(H,16,17). The molecule has 0 radical (unpaired) electrons. The number of carbonyl (C=O) groups excluding carboxylic acids is 2. The van der Waals surface area contributed by atoms with Crippen molar-refractivity contribution >= 4 is 18.0 Å². The van der Waals surface area contributed by atoms with E-state index in [-0.39, 0.29) is 19.2 Å². The number of ether oxygens (including phenoxy) is 2. The minimum Gasteiger partial charge on any atom is -0.480 e. The number of nitrogens with zero attached hydrogens (tertiary/aromatic N) is 2. The van der Waals surface area contributed by atoms with E-state index < -0.39 is 17.5 Å². The lowest BCUT2D eigenvalue weighted by Gasteiger charge is -2.48. The van der Waals surface area contributed by atoms with Gasteiger partial charge in [-0.05, 0) is 13.3 Å². The smallest absolute Gasteiger partial charge is 0.329 e. The largest absolute Gasteiger partial charge is 0.480 e. The molecular weight excluding hydrogens is 280 g/mol. The first-order valence-corrected chi connectivity index (χ1v) is 6.77. The van der Waals surface area contributed by atoms with Crippen molar-refractivity contribution < 1.29 is 29.0 Å². The Morgan fingerprint density at radius 2 is 1.95 bits per heavy atom. The molecular formula is C13H22N2O6. The van der Waals surface area contributed by atoms with Gasteiger partial charge in [0.1, 0.15) is 18.8 Å². The molecule has 8 heteroatoms.